The fraction of sp³-hybridized carbons (Fsp3) is 0.385. The third kappa shape index (κ3) is 4.73. The van der Waals surface area contributed by atoms with E-state index in [9.17, 15) is 9.59 Å². The average Bonchev–Trinajstić information content (AvgIpc) is 2.89. The highest BCUT2D eigenvalue weighted by atomic mass is 16.2. The summed E-state index contributed by atoms with van der Waals surface area (Å²) in [5.74, 6) is 0.233. The first kappa shape index (κ1) is 21.5. The Labute approximate surface area is 194 Å². The van der Waals surface area contributed by atoms with E-state index < -0.39 is 0 Å². The van der Waals surface area contributed by atoms with Gasteiger partial charge in [-0.15, -0.1) is 0 Å². The number of hydrogen-bond acceptors (Lipinski definition) is 5. The number of likely N-dealkylation sites (tertiary alicyclic amines) is 1. The van der Waals surface area contributed by atoms with Gasteiger partial charge in [-0.3, -0.25) is 19.5 Å². The number of aromatic nitrogens is 2. The van der Waals surface area contributed by atoms with Crippen LogP contribution in [0.2, 0.25) is 0 Å². The Morgan fingerprint density at radius 1 is 0.848 bits per heavy atom. The molecule has 0 atom stereocenters. The molecule has 33 heavy (non-hydrogen) atoms. The zero-order valence-electron chi connectivity index (χ0n) is 18.8. The number of hydrogen-bond donors (Lipinski definition) is 0. The summed E-state index contributed by atoms with van der Waals surface area (Å²) in [5.41, 5.74) is 3.10. The molecule has 7 nitrogen and oxygen atoms in total. The zero-order chi connectivity index (χ0) is 22.6. The van der Waals surface area contributed by atoms with Crippen LogP contribution in [0, 0.1) is 0 Å². The highest BCUT2D eigenvalue weighted by Gasteiger charge is 2.26. The van der Waals surface area contributed by atoms with Crippen molar-refractivity contribution in [2.24, 2.45) is 0 Å². The Hall–Kier alpha value is -3.32. The highest BCUT2D eigenvalue weighted by Crippen LogP contribution is 2.26. The van der Waals surface area contributed by atoms with Gasteiger partial charge in [0.2, 0.25) is 5.91 Å². The SMILES string of the molecule is O=C(CN1CCN(C(=O)c2cc(-c3cccnc3)nc3ccccc23)CC1)N1CCCCC1. The largest absolute Gasteiger partial charge is 0.342 e. The predicted molar refractivity (Wildman–Crippen MR) is 128 cm³/mol. The van der Waals surface area contributed by atoms with Gasteiger partial charge in [-0.05, 0) is 43.5 Å². The molecule has 2 fully saturated rings. The van der Waals surface area contributed by atoms with Crippen LogP contribution >= 0.6 is 0 Å². The second-order valence-electron chi connectivity index (χ2n) is 8.82. The summed E-state index contributed by atoms with van der Waals surface area (Å²) in [4.78, 5) is 41.2. The standard InChI is InChI=1S/C26H29N5O2/c32-25(30-11-4-1-5-12-30)19-29-13-15-31(16-14-29)26(33)22-17-24(20-7-6-10-27-18-20)28-23-9-3-2-8-21(22)23/h2-3,6-10,17-18H,1,4-5,11-16,19H2. The number of carbonyl (C=O) groups is 2. The van der Waals surface area contributed by atoms with E-state index in [1.54, 1.807) is 12.4 Å². The van der Waals surface area contributed by atoms with Crippen molar-refractivity contribution >= 4 is 22.7 Å². The van der Waals surface area contributed by atoms with Crippen LogP contribution < -0.4 is 0 Å². The van der Waals surface area contributed by atoms with Gasteiger partial charge in [0.05, 0.1) is 23.3 Å². The Kier molecular flexibility index (Phi) is 6.30. The Balaban J connectivity index is 1.31. The molecule has 1 aromatic carbocycles. The number of fused-ring (bicyclic) bond motifs is 1. The van der Waals surface area contributed by atoms with Crippen LogP contribution in [0.15, 0.2) is 54.9 Å². The summed E-state index contributed by atoms with van der Waals surface area (Å²) >= 11 is 0. The molecule has 4 heterocycles. The molecule has 0 radical (unpaired) electrons. The van der Waals surface area contributed by atoms with Gasteiger partial charge >= 0.3 is 0 Å². The topological polar surface area (TPSA) is 69.6 Å². The van der Waals surface area contributed by atoms with Gasteiger partial charge in [0, 0.05) is 62.6 Å². The molecule has 2 amide bonds. The summed E-state index contributed by atoms with van der Waals surface area (Å²) in [6, 6.07) is 13.5. The maximum Gasteiger partial charge on any atom is 0.254 e. The Morgan fingerprint density at radius 2 is 1.64 bits per heavy atom. The van der Waals surface area contributed by atoms with Gasteiger partial charge < -0.3 is 9.80 Å². The fourth-order valence-corrected chi connectivity index (χ4v) is 4.73. The van der Waals surface area contributed by atoms with Crippen LogP contribution in [0.1, 0.15) is 29.6 Å². The van der Waals surface area contributed by atoms with Gasteiger partial charge in [-0.1, -0.05) is 18.2 Å². The Bertz CT molecular complexity index is 1140. The molecule has 2 aliphatic heterocycles. The smallest absolute Gasteiger partial charge is 0.254 e. The van der Waals surface area contributed by atoms with Crippen molar-refractivity contribution in [2.45, 2.75) is 19.3 Å². The summed E-state index contributed by atoms with van der Waals surface area (Å²) in [5, 5.41) is 0.859. The van der Waals surface area contributed by atoms with Crippen molar-refractivity contribution in [1.29, 1.82) is 0 Å². The quantitative estimate of drug-likeness (QED) is 0.620. The van der Waals surface area contributed by atoms with Crippen molar-refractivity contribution in [2.75, 3.05) is 45.8 Å². The normalized spacial score (nSPS) is 17.3. The van der Waals surface area contributed by atoms with Gasteiger partial charge in [0.1, 0.15) is 0 Å². The summed E-state index contributed by atoms with van der Waals surface area (Å²) in [6.45, 7) is 4.87. The zero-order valence-corrected chi connectivity index (χ0v) is 18.8. The van der Waals surface area contributed by atoms with Crippen molar-refractivity contribution < 1.29 is 9.59 Å². The van der Waals surface area contributed by atoms with E-state index >= 15 is 0 Å². The molecule has 7 heteroatoms. The molecule has 0 unspecified atom stereocenters. The van der Waals surface area contributed by atoms with E-state index in [1.165, 1.54) is 6.42 Å². The minimum absolute atomic E-state index is 0.0146. The molecule has 2 aliphatic rings. The van der Waals surface area contributed by atoms with E-state index in [1.807, 2.05) is 52.3 Å². The number of para-hydroxylation sites is 1. The number of carbonyl (C=O) groups excluding carboxylic acids is 2. The van der Waals surface area contributed by atoms with Gasteiger partial charge in [-0.2, -0.15) is 0 Å². The minimum atomic E-state index is 0.0146. The molecule has 2 saturated heterocycles. The van der Waals surface area contributed by atoms with Crippen molar-refractivity contribution in [3.8, 4) is 11.3 Å². The van der Waals surface area contributed by atoms with Crippen molar-refractivity contribution in [1.82, 2.24) is 24.7 Å². The van der Waals surface area contributed by atoms with Crippen LogP contribution in [0.4, 0.5) is 0 Å². The third-order valence-electron chi connectivity index (χ3n) is 6.63. The number of piperazine rings is 1. The molecule has 0 N–H and O–H groups in total. The van der Waals surface area contributed by atoms with Crippen LogP contribution in [-0.4, -0.2) is 82.3 Å². The van der Waals surface area contributed by atoms with E-state index in [0.29, 0.717) is 38.3 Å². The second kappa shape index (κ2) is 9.67. The molecular formula is C26H29N5O2. The summed E-state index contributed by atoms with van der Waals surface area (Å²) in [7, 11) is 0. The molecular weight excluding hydrogens is 414 g/mol. The third-order valence-corrected chi connectivity index (χ3v) is 6.63. The predicted octanol–water partition coefficient (Wildman–Crippen LogP) is 3.07. The van der Waals surface area contributed by atoms with Crippen LogP contribution in [0.3, 0.4) is 0 Å². The molecule has 0 saturated carbocycles. The van der Waals surface area contributed by atoms with Crippen LogP contribution in [0.5, 0.6) is 0 Å². The van der Waals surface area contributed by atoms with E-state index in [0.717, 1.165) is 48.1 Å². The number of rotatable bonds is 4. The van der Waals surface area contributed by atoms with E-state index in [4.69, 9.17) is 4.98 Å². The average molecular weight is 444 g/mol. The van der Waals surface area contributed by atoms with Crippen LogP contribution in [0.25, 0.3) is 22.2 Å². The molecule has 5 rings (SSSR count). The maximum absolute atomic E-state index is 13.6. The van der Waals surface area contributed by atoms with Gasteiger partial charge in [0.25, 0.3) is 5.91 Å². The molecule has 0 spiro atoms. The number of nitrogens with zero attached hydrogens (tertiary/aromatic N) is 5. The molecule has 170 valence electrons. The molecule has 2 aromatic heterocycles. The summed E-state index contributed by atoms with van der Waals surface area (Å²) < 4.78 is 0. The van der Waals surface area contributed by atoms with E-state index in [-0.39, 0.29) is 11.8 Å². The fourth-order valence-electron chi connectivity index (χ4n) is 4.73. The lowest BCUT2D eigenvalue weighted by atomic mass is 10.0. The summed E-state index contributed by atoms with van der Waals surface area (Å²) in [6.07, 6.45) is 6.93. The first-order valence-electron chi connectivity index (χ1n) is 11.8. The molecule has 3 aromatic rings. The lowest BCUT2D eigenvalue weighted by molar-refractivity contribution is -0.133. The lowest BCUT2D eigenvalue weighted by Gasteiger charge is -2.36. The first-order valence-corrected chi connectivity index (χ1v) is 11.8. The number of amides is 2. The van der Waals surface area contributed by atoms with Gasteiger partial charge in [-0.25, -0.2) is 4.98 Å². The number of pyridine rings is 2. The van der Waals surface area contributed by atoms with Crippen molar-refractivity contribution in [3.63, 3.8) is 0 Å². The Morgan fingerprint density at radius 3 is 2.39 bits per heavy atom. The number of benzene rings is 1. The first-order chi connectivity index (χ1) is 16.2. The maximum atomic E-state index is 13.6. The van der Waals surface area contributed by atoms with Crippen LogP contribution in [-0.2, 0) is 4.79 Å². The second-order valence-corrected chi connectivity index (χ2v) is 8.82. The molecule has 0 bridgehead atoms. The van der Waals surface area contributed by atoms with Gasteiger partial charge in [0.15, 0.2) is 0 Å². The highest BCUT2D eigenvalue weighted by molar-refractivity contribution is 6.07. The minimum Gasteiger partial charge on any atom is -0.342 e. The van der Waals surface area contributed by atoms with E-state index in [2.05, 4.69) is 9.88 Å². The molecule has 0 aliphatic carbocycles. The monoisotopic (exact) mass is 443 g/mol. The van der Waals surface area contributed by atoms with Crippen molar-refractivity contribution in [3.05, 3.63) is 60.4 Å². The lowest BCUT2D eigenvalue weighted by Crippen LogP contribution is -2.52. The number of piperidine rings is 1.